The van der Waals surface area contributed by atoms with E-state index in [1.165, 1.54) is 51.4 Å². The van der Waals surface area contributed by atoms with Crippen molar-refractivity contribution in [1.29, 1.82) is 0 Å². The third-order valence-corrected chi connectivity index (χ3v) is 4.14. The first kappa shape index (κ1) is 28.1. The first-order valence-corrected chi connectivity index (χ1v) is 10.6. The van der Waals surface area contributed by atoms with Crippen LogP contribution in [0.3, 0.4) is 0 Å². The fraction of sp³-hybridized carbons (Fsp3) is 0.882. The molecule has 0 aliphatic carbocycles. The molecule has 0 spiro atoms. The number of carbonyl (C=O) groups excluding carboxylic acids is 2. The molecule has 26 heavy (non-hydrogen) atoms. The van der Waals surface area contributed by atoms with Crippen LogP contribution < -0.4 is 29.6 Å². The summed E-state index contributed by atoms with van der Waals surface area (Å²) >= 11 is 0. The van der Waals surface area contributed by atoms with Gasteiger partial charge in [-0.1, -0.05) is 71.1 Å². The predicted octanol–water partition coefficient (Wildman–Crippen LogP) is 1.08. The summed E-state index contributed by atoms with van der Waals surface area (Å²) < 4.78 is 37.5. The Morgan fingerprint density at radius 2 is 1.23 bits per heavy atom. The molecule has 0 amide bonds. The van der Waals surface area contributed by atoms with Gasteiger partial charge in [0.05, 0.1) is 19.4 Å². The van der Waals surface area contributed by atoms with Crippen molar-refractivity contribution >= 4 is 22.3 Å². The minimum Gasteiger partial charge on any atom is -1.00 e. The van der Waals surface area contributed by atoms with Crippen molar-refractivity contribution in [3.8, 4) is 0 Å². The molecule has 0 heterocycles. The van der Waals surface area contributed by atoms with Crippen molar-refractivity contribution < 1.29 is 62.5 Å². The minimum atomic E-state index is -4.81. The molecule has 0 aliphatic rings. The molecule has 0 saturated heterocycles. The fourth-order valence-corrected chi connectivity index (χ4v) is 2.71. The second-order valence-electron chi connectivity index (χ2n) is 6.14. The number of hydrogen-bond acceptors (Lipinski definition) is 6. The summed E-state index contributed by atoms with van der Waals surface area (Å²) in [7, 11) is -4.81. The molecule has 1 N–H and O–H groups in total. The third kappa shape index (κ3) is 21.9. The van der Waals surface area contributed by atoms with Gasteiger partial charge in [-0.2, -0.15) is 8.42 Å². The fourth-order valence-electron chi connectivity index (χ4n) is 2.39. The van der Waals surface area contributed by atoms with Gasteiger partial charge in [0.25, 0.3) is 0 Å². The van der Waals surface area contributed by atoms with E-state index in [4.69, 9.17) is 9.29 Å². The Balaban J connectivity index is -0.00000288. The Hall–Kier alpha value is -0.150. The molecule has 0 unspecified atom stereocenters. The van der Waals surface area contributed by atoms with E-state index in [9.17, 15) is 18.0 Å². The minimum absolute atomic E-state index is 0. The van der Waals surface area contributed by atoms with Crippen LogP contribution >= 0.6 is 0 Å². The monoisotopic (exact) mass is 404 g/mol. The van der Waals surface area contributed by atoms with Gasteiger partial charge in [-0.05, 0) is 6.42 Å². The van der Waals surface area contributed by atoms with E-state index in [1.54, 1.807) is 0 Å². The van der Waals surface area contributed by atoms with Crippen molar-refractivity contribution in [3.63, 3.8) is 0 Å². The summed E-state index contributed by atoms with van der Waals surface area (Å²) in [5.41, 5.74) is 0. The number of ether oxygens (including phenoxy) is 1. The number of unbranched alkanes of at least 4 members (excludes halogenated alkanes) is 10. The van der Waals surface area contributed by atoms with E-state index in [0.29, 0.717) is 6.61 Å². The van der Waals surface area contributed by atoms with E-state index in [0.717, 1.165) is 19.3 Å². The van der Waals surface area contributed by atoms with Gasteiger partial charge in [-0.15, -0.1) is 0 Å². The van der Waals surface area contributed by atoms with Crippen LogP contribution in [0.5, 0.6) is 0 Å². The van der Waals surface area contributed by atoms with Crippen molar-refractivity contribution in [2.45, 2.75) is 90.4 Å². The SMILES string of the molecule is CCCCCCCCCCCCCOC(=O)CCC(=O)OS(=O)(=O)O.[H-].[Na+]. The molecule has 0 aromatic carbocycles. The van der Waals surface area contributed by atoms with Crippen LogP contribution in [0.1, 0.15) is 91.8 Å². The molecule has 0 radical (unpaired) electrons. The summed E-state index contributed by atoms with van der Waals surface area (Å²) in [6.45, 7) is 2.51. The van der Waals surface area contributed by atoms with E-state index in [-0.39, 0.29) is 37.4 Å². The summed E-state index contributed by atoms with van der Waals surface area (Å²) in [6, 6.07) is 0. The molecule has 0 aliphatic heterocycles. The van der Waals surface area contributed by atoms with Crippen LogP contribution in [-0.2, 0) is 28.9 Å². The van der Waals surface area contributed by atoms with Gasteiger partial charge in [0.1, 0.15) is 0 Å². The molecule has 0 bridgehead atoms. The molecular formula is C17H33NaO7S. The van der Waals surface area contributed by atoms with E-state index >= 15 is 0 Å². The van der Waals surface area contributed by atoms with Crippen LogP contribution in [0.25, 0.3) is 0 Å². The van der Waals surface area contributed by atoms with Crippen LogP contribution in [0.2, 0.25) is 0 Å². The quantitative estimate of drug-likeness (QED) is 0.178. The number of hydrogen-bond donors (Lipinski definition) is 1. The zero-order valence-corrected chi connectivity index (χ0v) is 19.0. The Kier molecular flexibility index (Phi) is 19.7. The van der Waals surface area contributed by atoms with Crippen LogP contribution in [0, 0.1) is 0 Å². The maximum absolute atomic E-state index is 11.4. The Morgan fingerprint density at radius 3 is 1.69 bits per heavy atom. The van der Waals surface area contributed by atoms with Gasteiger partial charge in [-0.3, -0.25) is 14.1 Å². The normalized spacial score (nSPS) is 10.8. The maximum Gasteiger partial charge on any atom is 1.00 e. The molecule has 0 fully saturated rings. The van der Waals surface area contributed by atoms with Crippen LogP contribution in [-0.4, -0.2) is 31.5 Å². The predicted molar refractivity (Wildman–Crippen MR) is 95.4 cm³/mol. The first-order chi connectivity index (χ1) is 11.8. The molecule has 0 atom stereocenters. The third-order valence-electron chi connectivity index (χ3n) is 3.74. The van der Waals surface area contributed by atoms with E-state index < -0.39 is 28.8 Å². The second-order valence-corrected chi connectivity index (χ2v) is 7.16. The maximum atomic E-state index is 11.4. The van der Waals surface area contributed by atoms with Gasteiger partial charge in [-0.25, -0.2) is 0 Å². The smallest absolute Gasteiger partial charge is 1.00 e. The topological polar surface area (TPSA) is 107 Å². The van der Waals surface area contributed by atoms with Crippen LogP contribution in [0.15, 0.2) is 0 Å². The largest absolute Gasteiger partial charge is 1.00 e. The van der Waals surface area contributed by atoms with Crippen molar-refractivity contribution in [2.24, 2.45) is 0 Å². The molecule has 0 rings (SSSR count). The van der Waals surface area contributed by atoms with E-state index in [1.807, 2.05) is 0 Å². The van der Waals surface area contributed by atoms with Gasteiger partial charge >= 0.3 is 51.9 Å². The number of carbonyl (C=O) groups is 2. The molecule has 0 saturated carbocycles. The summed E-state index contributed by atoms with van der Waals surface area (Å²) in [6.07, 6.45) is 12.5. The molecule has 9 heteroatoms. The van der Waals surface area contributed by atoms with Gasteiger partial charge in [0.15, 0.2) is 0 Å². The molecule has 150 valence electrons. The Morgan fingerprint density at radius 1 is 0.808 bits per heavy atom. The van der Waals surface area contributed by atoms with Crippen LogP contribution in [0.4, 0.5) is 0 Å². The van der Waals surface area contributed by atoms with Crippen molar-refractivity contribution in [2.75, 3.05) is 6.61 Å². The van der Waals surface area contributed by atoms with Gasteiger partial charge in [0.2, 0.25) is 0 Å². The zero-order chi connectivity index (χ0) is 19.0. The summed E-state index contributed by atoms with van der Waals surface area (Å²) in [5.74, 6) is -1.77. The standard InChI is InChI=1S/C17H32O7S.Na.H/c1-2-3-4-5-6-7-8-9-10-11-12-15-23-16(18)13-14-17(19)24-25(20,21)22;;/h2-15H2,1H3,(H,20,21,22);;/q;+1;-1. The average molecular weight is 405 g/mol. The molecule has 7 nitrogen and oxygen atoms in total. The van der Waals surface area contributed by atoms with Crippen molar-refractivity contribution in [3.05, 3.63) is 0 Å². The molecule has 0 aromatic rings. The second kappa shape index (κ2) is 18.2. The van der Waals surface area contributed by atoms with Gasteiger partial charge in [0, 0.05) is 0 Å². The first-order valence-electron chi connectivity index (χ1n) is 9.20. The Labute approximate surface area is 181 Å². The summed E-state index contributed by atoms with van der Waals surface area (Å²) in [5, 5.41) is 0. The van der Waals surface area contributed by atoms with Gasteiger partial charge < -0.3 is 10.3 Å². The van der Waals surface area contributed by atoms with Crippen molar-refractivity contribution in [1.82, 2.24) is 0 Å². The molecule has 0 aromatic heterocycles. The van der Waals surface area contributed by atoms with E-state index in [2.05, 4.69) is 11.1 Å². The molecular weight excluding hydrogens is 371 g/mol. The number of esters is 1. The zero-order valence-electron chi connectivity index (χ0n) is 17.2. The Bertz CT molecular complexity index is 472. The number of rotatable bonds is 16. The summed E-state index contributed by atoms with van der Waals surface area (Å²) in [4.78, 5) is 22.3. The average Bonchev–Trinajstić information content (AvgIpc) is 2.52.